The molecular formula is C10H7N3. The molecule has 3 nitrogen and oxygen atoms in total. The van der Waals surface area contributed by atoms with Crippen molar-refractivity contribution in [1.29, 1.82) is 0 Å². The van der Waals surface area contributed by atoms with Crippen molar-refractivity contribution >= 4 is 16.6 Å². The topological polar surface area (TPSA) is 37.6 Å². The molecule has 2 aromatic rings. The second-order valence-electron chi connectivity index (χ2n) is 3.04. The molecule has 2 heterocycles. The Morgan fingerprint density at radius 3 is 3.08 bits per heavy atom. The van der Waals surface area contributed by atoms with Crippen molar-refractivity contribution < 1.29 is 0 Å². The van der Waals surface area contributed by atoms with Crippen molar-refractivity contribution in [3.8, 4) is 0 Å². The molecule has 0 aliphatic carbocycles. The van der Waals surface area contributed by atoms with Crippen LogP contribution in [0.25, 0.3) is 10.9 Å². The molecule has 0 N–H and O–H groups in total. The number of pyridine rings is 1. The summed E-state index contributed by atoms with van der Waals surface area (Å²) in [5, 5.41) is 9.17. The first-order valence-electron chi connectivity index (χ1n) is 4.19. The molecule has 3 rings (SSSR count). The van der Waals surface area contributed by atoms with E-state index in [2.05, 4.69) is 21.3 Å². The van der Waals surface area contributed by atoms with Crippen LogP contribution in [0.2, 0.25) is 0 Å². The van der Waals surface area contributed by atoms with Gasteiger partial charge in [-0.3, -0.25) is 4.98 Å². The lowest BCUT2D eigenvalue weighted by Crippen LogP contribution is -1.83. The van der Waals surface area contributed by atoms with Crippen LogP contribution < -0.4 is 0 Å². The van der Waals surface area contributed by atoms with E-state index >= 15 is 0 Å². The van der Waals surface area contributed by atoms with Crippen LogP contribution in [0.1, 0.15) is 5.56 Å². The molecule has 0 fully saturated rings. The molecule has 13 heavy (non-hydrogen) atoms. The van der Waals surface area contributed by atoms with Crippen molar-refractivity contribution in [1.82, 2.24) is 4.98 Å². The standard InChI is InChI=1S/C10H7N3/c1-2-4-9-7(3-1)8-5-12-13-10(8)6-11-9/h1-4,6H,5H2. The van der Waals surface area contributed by atoms with E-state index in [9.17, 15) is 0 Å². The van der Waals surface area contributed by atoms with Gasteiger partial charge in [-0.05, 0) is 6.07 Å². The third-order valence-corrected chi connectivity index (χ3v) is 2.27. The zero-order valence-corrected chi connectivity index (χ0v) is 6.94. The quantitative estimate of drug-likeness (QED) is 0.597. The van der Waals surface area contributed by atoms with Crippen LogP contribution in [0, 0.1) is 0 Å². The molecule has 0 bridgehead atoms. The lowest BCUT2D eigenvalue weighted by Gasteiger charge is -2.00. The second-order valence-corrected chi connectivity index (χ2v) is 3.04. The van der Waals surface area contributed by atoms with Crippen molar-refractivity contribution in [2.75, 3.05) is 0 Å². The molecule has 62 valence electrons. The molecule has 1 aliphatic rings. The molecule has 0 radical (unpaired) electrons. The maximum absolute atomic E-state index is 4.30. The summed E-state index contributed by atoms with van der Waals surface area (Å²) in [7, 11) is 0. The summed E-state index contributed by atoms with van der Waals surface area (Å²) in [5.41, 5.74) is 3.14. The van der Waals surface area contributed by atoms with Crippen molar-refractivity contribution in [2.24, 2.45) is 10.2 Å². The molecule has 0 spiro atoms. The molecular weight excluding hydrogens is 162 g/mol. The maximum atomic E-state index is 4.30. The lowest BCUT2D eigenvalue weighted by molar-refractivity contribution is 1.05. The summed E-state index contributed by atoms with van der Waals surface area (Å²) >= 11 is 0. The Kier molecular flexibility index (Phi) is 1.22. The van der Waals surface area contributed by atoms with E-state index in [0.29, 0.717) is 6.54 Å². The molecule has 1 aromatic heterocycles. The Morgan fingerprint density at radius 1 is 1.15 bits per heavy atom. The summed E-state index contributed by atoms with van der Waals surface area (Å²) in [6, 6.07) is 8.08. The zero-order valence-electron chi connectivity index (χ0n) is 6.94. The monoisotopic (exact) mass is 169 g/mol. The van der Waals surface area contributed by atoms with Gasteiger partial charge < -0.3 is 0 Å². The zero-order chi connectivity index (χ0) is 8.67. The van der Waals surface area contributed by atoms with Gasteiger partial charge >= 0.3 is 0 Å². The van der Waals surface area contributed by atoms with Gasteiger partial charge in [-0.2, -0.15) is 10.2 Å². The predicted molar refractivity (Wildman–Crippen MR) is 50.0 cm³/mol. The maximum Gasteiger partial charge on any atom is 0.109 e. The van der Waals surface area contributed by atoms with Crippen LogP contribution in [-0.4, -0.2) is 4.98 Å². The Labute approximate surface area is 75.1 Å². The van der Waals surface area contributed by atoms with Gasteiger partial charge in [-0.1, -0.05) is 18.2 Å². The molecule has 3 heteroatoms. The van der Waals surface area contributed by atoms with Gasteiger partial charge in [0.05, 0.1) is 18.3 Å². The van der Waals surface area contributed by atoms with E-state index in [-0.39, 0.29) is 0 Å². The van der Waals surface area contributed by atoms with Crippen LogP contribution >= 0.6 is 0 Å². The number of benzene rings is 1. The third kappa shape index (κ3) is 0.869. The SMILES string of the molecule is c1ccc2c3c(cnc2c1)N=NC3. The number of hydrogen-bond donors (Lipinski definition) is 0. The van der Waals surface area contributed by atoms with E-state index in [0.717, 1.165) is 11.2 Å². The van der Waals surface area contributed by atoms with E-state index in [1.165, 1.54) is 10.9 Å². The Bertz CT molecular complexity index is 502. The molecule has 0 unspecified atom stereocenters. The minimum absolute atomic E-state index is 0.693. The Hall–Kier alpha value is -1.77. The molecule has 1 aliphatic heterocycles. The molecule has 0 atom stereocenters. The number of para-hydroxylation sites is 1. The van der Waals surface area contributed by atoms with Gasteiger partial charge in [0.1, 0.15) is 5.69 Å². The van der Waals surface area contributed by atoms with Gasteiger partial charge in [0, 0.05) is 10.9 Å². The lowest BCUT2D eigenvalue weighted by atomic mass is 10.1. The van der Waals surface area contributed by atoms with Crippen molar-refractivity contribution in [3.05, 3.63) is 36.0 Å². The normalized spacial score (nSPS) is 13.5. The number of aromatic nitrogens is 1. The van der Waals surface area contributed by atoms with Crippen LogP contribution in [0.15, 0.2) is 40.7 Å². The number of fused-ring (bicyclic) bond motifs is 3. The highest BCUT2D eigenvalue weighted by atomic mass is 15.1. The summed E-state index contributed by atoms with van der Waals surface area (Å²) in [5.74, 6) is 0. The minimum Gasteiger partial charge on any atom is -0.254 e. The number of azo groups is 1. The van der Waals surface area contributed by atoms with E-state index in [1.807, 2.05) is 18.2 Å². The molecule has 1 aromatic carbocycles. The summed E-state index contributed by atoms with van der Waals surface area (Å²) < 4.78 is 0. The highest BCUT2D eigenvalue weighted by Gasteiger charge is 2.11. The van der Waals surface area contributed by atoms with Gasteiger partial charge in [-0.25, -0.2) is 0 Å². The van der Waals surface area contributed by atoms with Gasteiger partial charge in [-0.15, -0.1) is 0 Å². The summed E-state index contributed by atoms with van der Waals surface area (Å²) in [6.07, 6.45) is 1.79. The van der Waals surface area contributed by atoms with Crippen molar-refractivity contribution in [3.63, 3.8) is 0 Å². The fourth-order valence-electron chi connectivity index (χ4n) is 1.62. The number of nitrogens with zero attached hydrogens (tertiary/aromatic N) is 3. The predicted octanol–water partition coefficient (Wildman–Crippen LogP) is 2.83. The first kappa shape index (κ1) is 6.71. The smallest absolute Gasteiger partial charge is 0.109 e. The summed E-state index contributed by atoms with van der Waals surface area (Å²) in [4.78, 5) is 4.30. The highest BCUT2D eigenvalue weighted by molar-refractivity contribution is 5.86. The average molecular weight is 169 g/mol. The van der Waals surface area contributed by atoms with Crippen LogP contribution in [0.3, 0.4) is 0 Å². The van der Waals surface area contributed by atoms with E-state index < -0.39 is 0 Å². The van der Waals surface area contributed by atoms with Crippen LogP contribution in [0.5, 0.6) is 0 Å². The second kappa shape index (κ2) is 2.36. The van der Waals surface area contributed by atoms with E-state index in [4.69, 9.17) is 0 Å². The van der Waals surface area contributed by atoms with Gasteiger partial charge in [0.15, 0.2) is 0 Å². The fourth-order valence-corrected chi connectivity index (χ4v) is 1.62. The van der Waals surface area contributed by atoms with Crippen LogP contribution in [-0.2, 0) is 6.54 Å². The minimum atomic E-state index is 0.693. The fraction of sp³-hybridized carbons (Fsp3) is 0.100. The average Bonchev–Trinajstić information content (AvgIpc) is 2.65. The van der Waals surface area contributed by atoms with Gasteiger partial charge in [0.2, 0.25) is 0 Å². The summed E-state index contributed by atoms with van der Waals surface area (Å²) in [6.45, 7) is 0.693. The first-order valence-corrected chi connectivity index (χ1v) is 4.19. The van der Waals surface area contributed by atoms with Crippen molar-refractivity contribution in [2.45, 2.75) is 6.54 Å². The largest absolute Gasteiger partial charge is 0.254 e. The molecule has 0 amide bonds. The third-order valence-electron chi connectivity index (χ3n) is 2.27. The molecule has 0 saturated carbocycles. The van der Waals surface area contributed by atoms with E-state index in [1.54, 1.807) is 6.20 Å². The van der Waals surface area contributed by atoms with Gasteiger partial charge in [0.25, 0.3) is 0 Å². The Morgan fingerprint density at radius 2 is 2.08 bits per heavy atom. The first-order chi connectivity index (χ1) is 6.45. The Balaban J connectivity index is 2.46. The number of hydrogen-bond acceptors (Lipinski definition) is 3. The number of rotatable bonds is 0. The van der Waals surface area contributed by atoms with Crippen LogP contribution in [0.4, 0.5) is 5.69 Å². The highest BCUT2D eigenvalue weighted by Crippen LogP contribution is 2.31. The molecule has 0 saturated heterocycles.